The summed E-state index contributed by atoms with van der Waals surface area (Å²) in [4.78, 5) is 0.283. The monoisotopic (exact) mass is 368 g/mol. The Hall–Kier alpha value is -0.140. The van der Waals surface area contributed by atoms with E-state index in [1.165, 1.54) is 0 Å². The van der Waals surface area contributed by atoms with Gasteiger partial charge in [0.15, 0.2) is 0 Å². The zero-order valence-corrected chi connectivity index (χ0v) is 13.9. The first-order valence-corrected chi connectivity index (χ1v) is 8.15. The first-order chi connectivity index (χ1) is 8.32. The third-order valence-corrected chi connectivity index (χ3v) is 5.69. The van der Waals surface area contributed by atoms with E-state index in [-0.39, 0.29) is 22.8 Å². The number of nitrogens with two attached hydrogens (primary N) is 1. The van der Waals surface area contributed by atoms with Gasteiger partial charge in [-0.05, 0) is 49.9 Å². The lowest BCUT2D eigenvalue weighted by atomic mass is 9.78. The predicted octanol–water partition coefficient (Wildman–Crippen LogP) is 2.34. The Morgan fingerprint density at radius 3 is 2.53 bits per heavy atom. The summed E-state index contributed by atoms with van der Waals surface area (Å²) in [5.41, 5.74) is 6.55. The van der Waals surface area contributed by atoms with Crippen LogP contribution in [0.1, 0.15) is 24.8 Å². The van der Waals surface area contributed by atoms with Crippen LogP contribution in [0.5, 0.6) is 0 Å². The number of hydrogen-bond acceptors (Lipinski definition) is 3. The van der Waals surface area contributed by atoms with Gasteiger partial charge in [-0.25, -0.2) is 13.1 Å². The van der Waals surface area contributed by atoms with Crippen molar-refractivity contribution in [1.29, 1.82) is 0 Å². The van der Waals surface area contributed by atoms with Crippen molar-refractivity contribution in [3.63, 3.8) is 0 Å². The summed E-state index contributed by atoms with van der Waals surface area (Å²) < 4.78 is 27.7. The van der Waals surface area contributed by atoms with Crippen LogP contribution in [0.4, 0.5) is 0 Å². The van der Waals surface area contributed by atoms with Gasteiger partial charge in [0.05, 0.1) is 4.90 Å². The second-order valence-electron chi connectivity index (χ2n) is 4.95. The van der Waals surface area contributed by atoms with Crippen LogP contribution >= 0.6 is 28.3 Å². The van der Waals surface area contributed by atoms with Gasteiger partial charge in [-0.3, -0.25) is 0 Å². The maximum atomic E-state index is 12.1. The van der Waals surface area contributed by atoms with Crippen molar-refractivity contribution >= 4 is 38.4 Å². The molecule has 19 heavy (non-hydrogen) atoms. The summed E-state index contributed by atoms with van der Waals surface area (Å²) in [6.07, 6.45) is 2.85. The second kappa shape index (κ2) is 6.10. The van der Waals surface area contributed by atoms with Gasteiger partial charge < -0.3 is 5.73 Å². The van der Waals surface area contributed by atoms with E-state index in [2.05, 4.69) is 20.7 Å². The smallest absolute Gasteiger partial charge is 0.240 e. The topological polar surface area (TPSA) is 72.2 Å². The minimum atomic E-state index is -3.46. The Morgan fingerprint density at radius 1 is 1.42 bits per heavy atom. The van der Waals surface area contributed by atoms with Crippen molar-refractivity contribution in [3.8, 4) is 0 Å². The molecule has 0 bridgehead atoms. The van der Waals surface area contributed by atoms with Crippen molar-refractivity contribution in [2.24, 2.45) is 5.73 Å². The van der Waals surface area contributed by atoms with E-state index in [0.29, 0.717) is 6.54 Å². The SMILES string of the molecule is Cc1cc(S(=O)(=O)NCC2(N)CCC2)ccc1Br.Cl. The average molecular weight is 370 g/mol. The fourth-order valence-electron chi connectivity index (χ4n) is 1.91. The molecule has 0 spiro atoms. The highest BCUT2D eigenvalue weighted by Gasteiger charge is 2.33. The number of halogens is 2. The molecule has 1 saturated carbocycles. The highest BCUT2D eigenvalue weighted by atomic mass is 79.9. The molecule has 0 aromatic heterocycles. The molecule has 0 amide bonds. The van der Waals surface area contributed by atoms with Gasteiger partial charge in [-0.15, -0.1) is 12.4 Å². The third-order valence-electron chi connectivity index (χ3n) is 3.40. The van der Waals surface area contributed by atoms with Crippen molar-refractivity contribution in [2.45, 2.75) is 36.6 Å². The maximum Gasteiger partial charge on any atom is 0.240 e. The van der Waals surface area contributed by atoms with E-state index in [9.17, 15) is 8.42 Å². The molecule has 0 aliphatic heterocycles. The lowest BCUT2D eigenvalue weighted by molar-refractivity contribution is 0.251. The lowest BCUT2D eigenvalue weighted by Crippen LogP contribution is -2.54. The van der Waals surface area contributed by atoms with E-state index >= 15 is 0 Å². The Kier molecular flexibility index (Phi) is 5.43. The molecule has 0 radical (unpaired) electrons. The van der Waals surface area contributed by atoms with Crippen molar-refractivity contribution in [2.75, 3.05) is 6.54 Å². The zero-order valence-electron chi connectivity index (χ0n) is 10.6. The maximum absolute atomic E-state index is 12.1. The van der Waals surface area contributed by atoms with Gasteiger partial charge in [0, 0.05) is 16.6 Å². The van der Waals surface area contributed by atoms with Gasteiger partial charge >= 0.3 is 0 Å². The summed E-state index contributed by atoms with van der Waals surface area (Å²) in [5.74, 6) is 0. The summed E-state index contributed by atoms with van der Waals surface area (Å²) in [6.45, 7) is 2.17. The lowest BCUT2D eigenvalue weighted by Gasteiger charge is -2.38. The van der Waals surface area contributed by atoms with Crippen LogP contribution in [-0.2, 0) is 10.0 Å². The molecule has 1 aromatic rings. The molecule has 1 aliphatic carbocycles. The largest absolute Gasteiger partial charge is 0.324 e. The van der Waals surface area contributed by atoms with Crippen LogP contribution in [0.2, 0.25) is 0 Å². The van der Waals surface area contributed by atoms with Crippen LogP contribution in [0.25, 0.3) is 0 Å². The highest BCUT2D eigenvalue weighted by molar-refractivity contribution is 9.10. The molecule has 4 nitrogen and oxygen atoms in total. The molecule has 3 N–H and O–H groups in total. The molecule has 7 heteroatoms. The van der Waals surface area contributed by atoms with Crippen molar-refractivity contribution < 1.29 is 8.42 Å². The van der Waals surface area contributed by atoms with Gasteiger partial charge in [0.2, 0.25) is 10.0 Å². The quantitative estimate of drug-likeness (QED) is 0.855. The van der Waals surface area contributed by atoms with E-state index in [4.69, 9.17) is 5.73 Å². The normalized spacial score (nSPS) is 17.4. The molecule has 1 aliphatic rings. The molecule has 108 valence electrons. The molecule has 2 rings (SSSR count). The van der Waals surface area contributed by atoms with Crippen molar-refractivity contribution in [1.82, 2.24) is 4.72 Å². The predicted molar refractivity (Wildman–Crippen MR) is 82.1 cm³/mol. The first kappa shape index (κ1) is 16.9. The number of nitrogens with one attached hydrogen (secondary N) is 1. The molecular weight excluding hydrogens is 352 g/mol. The minimum absolute atomic E-state index is 0. The molecular formula is C12H18BrClN2O2S. The summed E-state index contributed by atoms with van der Waals surface area (Å²) in [5, 5.41) is 0. The van der Waals surface area contributed by atoms with E-state index in [1.54, 1.807) is 18.2 Å². The third kappa shape index (κ3) is 3.92. The van der Waals surface area contributed by atoms with Crippen LogP contribution in [0.15, 0.2) is 27.6 Å². The van der Waals surface area contributed by atoms with Crippen LogP contribution in [-0.4, -0.2) is 20.5 Å². The minimum Gasteiger partial charge on any atom is -0.324 e. The van der Waals surface area contributed by atoms with E-state index in [1.807, 2.05) is 6.92 Å². The highest BCUT2D eigenvalue weighted by Crippen LogP contribution is 2.28. The molecule has 0 atom stereocenters. The van der Waals surface area contributed by atoms with Crippen LogP contribution in [0.3, 0.4) is 0 Å². The second-order valence-corrected chi connectivity index (χ2v) is 7.57. The molecule has 0 unspecified atom stereocenters. The Balaban J connectivity index is 0.00000180. The fourth-order valence-corrected chi connectivity index (χ4v) is 3.38. The molecule has 0 saturated heterocycles. The van der Waals surface area contributed by atoms with Gasteiger partial charge in [0.1, 0.15) is 0 Å². The van der Waals surface area contributed by atoms with Gasteiger partial charge in [0.25, 0.3) is 0 Å². The fraction of sp³-hybridized carbons (Fsp3) is 0.500. The van der Waals surface area contributed by atoms with E-state index in [0.717, 1.165) is 29.3 Å². The number of hydrogen-bond donors (Lipinski definition) is 2. The summed E-state index contributed by atoms with van der Waals surface area (Å²) >= 11 is 3.35. The average Bonchev–Trinajstić information content (AvgIpc) is 2.27. The standard InChI is InChI=1S/C12H17BrN2O2S.ClH/c1-9-7-10(3-4-11(9)13)18(16,17)15-8-12(14)5-2-6-12;/h3-4,7,15H,2,5-6,8,14H2,1H3;1H. The number of benzene rings is 1. The van der Waals surface area contributed by atoms with Crippen LogP contribution in [0, 0.1) is 6.92 Å². The van der Waals surface area contributed by atoms with E-state index < -0.39 is 10.0 Å². The van der Waals surface area contributed by atoms with Crippen molar-refractivity contribution in [3.05, 3.63) is 28.2 Å². The summed E-state index contributed by atoms with van der Waals surface area (Å²) in [7, 11) is -3.46. The van der Waals surface area contributed by atoms with Crippen LogP contribution < -0.4 is 10.5 Å². The number of rotatable bonds is 4. The molecule has 1 aromatic carbocycles. The Labute approximate surface area is 128 Å². The Morgan fingerprint density at radius 2 is 2.05 bits per heavy atom. The van der Waals surface area contributed by atoms with Gasteiger partial charge in [-0.1, -0.05) is 15.9 Å². The zero-order chi connectivity index (χ0) is 13.4. The van der Waals surface area contributed by atoms with Gasteiger partial charge in [-0.2, -0.15) is 0 Å². The molecule has 0 heterocycles. The number of sulfonamides is 1. The molecule has 1 fully saturated rings. The Bertz CT molecular complexity index is 559. The number of aryl methyl sites for hydroxylation is 1. The summed E-state index contributed by atoms with van der Waals surface area (Å²) in [6, 6.07) is 4.98. The first-order valence-electron chi connectivity index (χ1n) is 5.87.